The smallest absolute Gasteiger partial charge is 0.435 e. The van der Waals surface area contributed by atoms with E-state index in [0.29, 0.717) is 27.1 Å². The molecule has 2 amide bonds. The Balaban J connectivity index is 1.26. The number of alkyl halides is 3. The van der Waals surface area contributed by atoms with Gasteiger partial charge in [0.25, 0.3) is 5.91 Å². The van der Waals surface area contributed by atoms with Crippen molar-refractivity contribution in [3.63, 3.8) is 0 Å². The van der Waals surface area contributed by atoms with Gasteiger partial charge in [0, 0.05) is 23.1 Å². The molecule has 0 unspecified atom stereocenters. The van der Waals surface area contributed by atoms with Gasteiger partial charge in [0.2, 0.25) is 5.91 Å². The normalized spacial score (nSPS) is 21.9. The monoisotopic (exact) mass is 560 g/mol. The number of nitrogens with one attached hydrogen (secondary N) is 1. The molecule has 0 radical (unpaired) electrons. The summed E-state index contributed by atoms with van der Waals surface area (Å²) in [6.07, 6.45) is -3.18. The van der Waals surface area contributed by atoms with E-state index in [1.807, 2.05) is 6.92 Å². The second kappa shape index (κ2) is 9.37. The molecule has 0 bridgehead atoms. The highest BCUT2D eigenvalue weighted by atomic mass is 32.2. The van der Waals surface area contributed by atoms with Crippen LogP contribution in [-0.4, -0.2) is 70.7 Å². The van der Waals surface area contributed by atoms with Gasteiger partial charge in [0.15, 0.2) is 10.0 Å². The van der Waals surface area contributed by atoms with E-state index in [9.17, 15) is 32.7 Å². The zero-order valence-corrected chi connectivity index (χ0v) is 21.1. The first-order valence-corrected chi connectivity index (χ1v) is 13.6. The fourth-order valence-corrected chi connectivity index (χ4v) is 7.34. The van der Waals surface area contributed by atoms with Crippen LogP contribution in [0.5, 0.6) is 0 Å². The van der Waals surface area contributed by atoms with Crippen molar-refractivity contribution >= 4 is 52.6 Å². The predicted octanol–water partition coefficient (Wildman–Crippen LogP) is 2.47. The number of carboxylic acid groups (broad SMARTS) is 1. The summed E-state index contributed by atoms with van der Waals surface area (Å²) in [6.45, 7) is 1.35. The Kier molecular flexibility index (Phi) is 6.53. The van der Waals surface area contributed by atoms with Gasteiger partial charge in [0.1, 0.15) is 28.7 Å². The zero-order valence-electron chi connectivity index (χ0n) is 18.6. The van der Waals surface area contributed by atoms with Crippen LogP contribution < -0.4 is 5.32 Å². The van der Waals surface area contributed by atoms with E-state index in [0.717, 1.165) is 33.5 Å². The number of carbonyl (C=O) groups excluding carboxylic acids is 2. The molecule has 0 aromatic carbocycles. The molecule has 3 aliphatic rings. The van der Waals surface area contributed by atoms with Crippen LogP contribution in [-0.2, 0) is 27.1 Å². The minimum atomic E-state index is -4.63. The summed E-state index contributed by atoms with van der Waals surface area (Å²) in [5.41, 5.74) is -0.267. The predicted molar refractivity (Wildman–Crippen MR) is 124 cm³/mol. The molecule has 2 aliphatic heterocycles. The lowest BCUT2D eigenvalue weighted by Crippen LogP contribution is -2.70. The lowest BCUT2D eigenvalue weighted by Gasteiger charge is -2.49. The number of β-lactam (4-membered cyclic amide) rings is 1. The number of hydrogen-bond acceptors (Lipinski definition) is 9. The fourth-order valence-electron chi connectivity index (χ4n) is 4.04. The third-order valence-electron chi connectivity index (χ3n) is 5.83. The standard InChI is InChI=1S/C20H19F3N6O4S3/c1-8-25-26-19(36-8)35-7-10-6-34-17-14(16(31)29(17)15(10)18(32)33)24-13(30)5-28-11(9-2-3-9)4-12(27-28)20(21,22)23/h4,9,14,17H,2-3,5-7H2,1H3,(H,24,30)(H,32,33)/t14-,17+/m1/s1. The lowest BCUT2D eigenvalue weighted by molar-refractivity contribution is -0.150. The van der Waals surface area contributed by atoms with Crippen LogP contribution in [0.3, 0.4) is 0 Å². The Hall–Kier alpha value is -2.59. The summed E-state index contributed by atoms with van der Waals surface area (Å²) >= 11 is 4.04. The van der Waals surface area contributed by atoms with Crippen molar-refractivity contribution < 1.29 is 32.7 Å². The van der Waals surface area contributed by atoms with Gasteiger partial charge < -0.3 is 10.4 Å². The summed E-state index contributed by atoms with van der Waals surface area (Å²) in [7, 11) is 0. The minimum Gasteiger partial charge on any atom is -0.477 e. The van der Waals surface area contributed by atoms with Crippen LogP contribution in [0.1, 0.15) is 35.2 Å². The molecule has 0 spiro atoms. The third kappa shape index (κ3) is 4.85. The molecule has 5 rings (SSSR count). The number of nitrogens with zero attached hydrogens (tertiary/aromatic N) is 5. The average molecular weight is 561 g/mol. The number of carboxylic acids is 1. The highest BCUT2D eigenvalue weighted by Gasteiger charge is 2.54. The Labute approximate surface area is 214 Å². The van der Waals surface area contributed by atoms with Crippen LogP contribution in [0.15, 0.2) is 21.7 Å². The Bertz CT molecular complexity index is 1270. The molecule has 1 saturated heterocycles. The maximum atomic E-state index is 13.1. The van der Waals surface area contributed by atoms with Gasteiger partial charge in [-0.2, -0.15) is 18.3 Å². The molecule has 4 heterocycles. The van der Waals surface area contributed by atoms with Crippen LogP contribution in [0.4, 0.5) is 13.2 Å². The molecule has 2 N–H and O–H groups in total. The number of rotatable bonds is 8. The lowest BCUT2D eigenvalue weighted by atomic mass is 10.0. The first-order chi connectivity index (χ1) is 17.0. The molecule has 2 aromatic rings. The summed E-state index contributed by atoms with van der Waals surface area (Å²) < 4.78 is 41.1. The highest BCUT2D eigenvalue weighted by Crippen LogP contribution is 2.43. The van der Waals surface area contributed by atoms with Crippen molar-refractivity contribution in [2.24, 2.45) is 0 Å². The molecule has 1 saturated carbocycles. The van der Waals surface area contributed by atoms with Crippen molar-refractivity contribution in [2.45, 2.75) is 54.2 Å². The first-order valence-electron chi connectivity index (χ1n) is 10.8. The van der Waals surface area contributed by atoms with Gasteiger partial charge >= 0.3 is 12.1 Å². The van der Waals surface area contributed by atoms with Gasteiger partial charge in [0.05, 0.1) is 0 Å². The quantitative estimate of drug-likeness (QED) is 0.369. The van der Waals surface area contributed by atoms with Crippen molar-refractivity contribution in [3.8, 4) is 0 Å². The van der Waals surface area contributed by atoms with Crippen molar-refractivity contribution in [1.82, 2.24) is 30.2 Å². The van der Waals surface area contributed by atoms with Crippen molar-refractivity contribution in [1.29, 1.82) is 0 Å². The Morgan fingerprint density at radius 3 is 2.67 bits per heavy atom. The van der Waals surface area contributed by atoms with E-state index >= 15 is 0 Å². The highest BCUT2D eigenvalue weighted by molar-refractivity contribution is 8.01. The van der Waals surface area contributed by atoms with Crippen molar-refractivity contribution in [3.05, 3.63) is 33.7 Å². The van der Waals surface area contributed by atoms with Crippen LogP contribution in [0, 0.1) is 6.92 Å². The van der Waals surface area contributed by atoms with Gasteiger partial charge in [-0.15, -0.1) is 22.0 Å². The maximum absolute atomic E-state index is 13.1. The van der Waals surface area contributed by atoms with Gasteiger partial charge in [-0.3, -0.25) is 19.2 Å². The Morgan fingerprint density at radius 2 is 2.06 bits per heavy atom. The van der Waals surface area contributed by atoms with Gasteiger partial charge in [-0.25, -0.2) is 4.79 Å². The molecule has 36 heavy (non-hydrogen) atoms. The summed E-state index contributed by atoms with van der Waals surface area (Å²) in [4.78, 5) is 38.6. The molecule has 2 atom stereocenters. The molecular weight excluding hydrogens is 541 g/mol. The van der Waals surface area contributed by atoms with E-state index in [1.165, 1.54) is 34.9 Å². The Morgan fingerprint density at radius 1 is 1.31 bits per heavy atom. The van der Waals surface area contributed by atoms with E-state index in [-0.39, 0.29) is 11.6 Å². The molecule has 2 aromatic heterocycles. The van der Waals surface area contributed by atoms with Gasteiger partial charge in [-0.1, -0.05) is 23.1 Å². The average Bonchev–Trinajstić information content (AvgIpc) is 3.43. The number of carbonyl (C=O) groups is 3. The minimum absolute atomic E-state index is 0.0697. The number of aromatic nitrogens is 4. The SMILES string of the molecule is Cc1nnc(SCC2=C(C(=O)O)N3C(=O)[C@@H](NC(=O)Cn4nc(C(F)(F)F)cc4C4CC4)[C@@H]3SC2)s1. The molecule has 192 valence electrons. The van der Waals surface area contributed by atoms with Crippen LogP contribution >= 0.6 is 34.9 Å². The molecule has 1 aliphatic carbocycles. The number of thioether (sulfide) groups is 2. The number of aryl methyl sites for hydroxylation is 1. The van der Waals surface area contributed by atoms with Gasteiger partial charge in [-0.05, 0) is 31.4 Å². The number of hydrogen-bond donors (Lipinski definition) is 2. The number of amides is 2. The molecule has 16 heteroatoms. The zero-order chi connectivity index (χ0) is 25.8. The van der Waals surface area contributed by atoms with E-state index in [1.54, 1.807) is 0 Å². The second-order valence-electron chi connectivity index (χ2n) is 8.47. The topological polar surface area (TPSA) is 130 Å². The van der Waals surface area contributed by atoms with E-state index < -0.39 is 47.6 Å². The summed E-state index contributed by atoms with van der Waals surface area (Å²) in [5.74, 6) is -1.89. The number of aliphatic carboxylic acids is 1. The van der Waals surface area contributed by atoms with E-state index in [2.05, 4.69) is 20.6 Å². The number of fused-ring (bicyclic) bond motifs is 1. The summed E-state index contributed by atoms with van der Waals surface area (Å²) in [6, 6.07) is -0.0102. The first kappa shape index (κ1) is 25.1. The maximum Gasteiger partial charge on any atom is 0.435 e. The fraction of sp³-hybridized carbons (Fsp3) is 0.500. The third-order valence-corrected chi connectivity index (χ3v) is 9.23. The summed E-state index contributed by atoms with van der Waals surface area (Å²) in [5, 5.41) is 24.0. The van der Waals surface area contributed by atoms with Crippen LogP contribution in [0.25, 0.3) is 0 Å². The molecule has 2 fully saturated rings. The largest absolute Gasteiger partial charge is 0.477 e. The molecular formula is C20H19F3N6O4S3. The van der Waals surface area contributed by atoms with Crippen LogP contribution in [0.2, 0.25) is 0 Å². The van der Waals surface area contributed by atoms with Crippen molar-refractivity contribution in [2.75, 3.05) is 11.5 Å². The number of halogens is 3. The molecule has 10 nitrogen and oxygen atoms in total. The van der Waals surface area contributed by atoms with E-state index in [4.69, 9.17) is 0 Å². The second-order valence-corrected chi connectivity index (χ2v) is 12.0.